The summed E-state index contributed by atoms with van der Waals surface area (Å²) in [6.45, 7) is 4.54. The van der Waals surface area contributed by atoms with Crippen molar-refractivity contribution in [3.63, 3.8) is 0 Å². The van der Waals surface area contributed by atoms with E-state index in [1.807, 2.05) is 23.1 Å². The molecule has 2 aliphatic heterocycles. The van der Waals surface area contributed by atoms with Crippen LogP contribution in [0.5, 0.6) is 0 Å². The van der Waals surface area contributed by atoms with Gasteiger partial charge in [-0.1, -0.05) is 24.3 Å². The van der Waals surface area contributed by atoms with E-state index in [-0.39, 0.29) is 11.7 Å². The molecule has 1 atom stereocenters. The second-order valence-electron chi connectivity index (χ2n) is 7.37. The first kappa shape index (κ1) is 16.8. The molecule has 1 N–H and O–H groups in total. The average Bonchev–Trinajstić information content (AvgIpc) is 3.13. The molecule has 25 heavy (non-hydrogen) atoms. The molecule has 3 heterocycles. The molecule has 0 saturated carbocycles. The average molecular weight is 341 g/mol. The fourth-order valence-corrected chi connectivity index (χ4v) is 4.14. The molecule has 0 radical (unpaired) electrons. The van der Waals surface area contributed by atoms with Crippen molar-refractivity contribution in [1.82, 2.24) is 14.7 Å². The minimum atomic E-state index is -0.291. The number of ether oxygens (including phenoxy) is 1. The topological polar surface area (TPSA) is 50.5 Å². The van der Waals surface area contributed by atoms with Gasteiger partial charge in [0.25, 0.3) is 0 Å². The highest BCUT2D eigenvalue weighted by atomic mass is 16.5. The molecule has 1 spiro atoms. The number of aromatic nitrogens is 2. The van der Waals surface area contributed by atoms with Crippen molar-refractivity contribution < 1.29 is 9.84 Å². The van der Waals surface area contributed by atoms with Crippen molar-refractivity contribution in [2.24, 2.45) is 0 Å². The highest BCUT2D eigenvalue weighted by Gasteiger charge is 2.43. The summed E-state index contributed by atoms with van der Waals surface area (Å²) in [6.07, 6.45) is 7.25. The second-order valence-corrected chi connectivity index (χ2v) is 7.37. The summed E-state index contributed by atoms with van der Waals surface area (Å²) in [7, 11) is 0. The Morgan fingerprint density at radius 2 is 1.96 bits per heavy atom. The van der Waals surface area contributed by atoms with Gasteiger partial charge in [-0.25, -0.2) is 0 Å². The van der Waals surface area contributed by atoms with E-state index < -0.39 is 0 Å². The molecule has 0 aliphatic carbocycles. The number of hydrogen-bond donors (Lipinski definition) is 1. The Morgan fingerprint density at radius 3 is 2.68 bits per heavy atom. The highest BCUT2D eigenvalue weighted by Crippen LogP contribution is 2.35. The Kier molecular flexibility index (Phi) is 4.88. The largest absolute Gasteiger partial charge is 0.390 e. The van der Waals surface area contributed by atoms with Gasteiger partial charge < -0.3 is 9.84 Å². The van der Waals surface area contributed by atoms with Crippen LogP contribution in [0.4, 0.5) is 0 Å². The van der Waals surface area contributed by atoms with Crippen molar-refractivity contribution in [3.8, 4) is 0 Å². The minimum absolute atomic E-state index is 0.281. The predicted octanol–water partition coefficient (Wildman–Crippen LogP) is 2.44. The van der Waals surface area contributed by atoms with Crippen LogP contribution in [-0.4, -0.2) is 51.2 Å². The van der Waals surface area contributed by atoms with Gasteiger partial charge in [0.05, 0.1) is 18.2 Å². The lowest BCUT2D eigenvalue weighted by atomic mass is 9.82. The van der Waals surface area contributed by atoms with Gasteiger partial charge in [0.1, 0.15) is 0 Å². The summed E-state index contributed by atoms with van der Waals surface area (Å²) in [5.41, 5.74) is 2.34. The van der Waals surface area contributed by atoms with Crippen LogP contribution in [0.2, 0.25) is 0 Å². The molecular weight excluding hydrogens is 314 g/mol. The van der Waals surface area contributed by atoms with Gasteiger partial charge in [-0.3, -0.25) is 9.58 Å². The van der Waals surface area contributed by atoms with Gasteiger partial charge in [-0.05, 0) is 42.9 Å². The zero-order chi connectivity index (χ0) is 17.1. The smallest absolute Gasteiger partial charge is 0.0964 e. The van der Waals surface area contributed by atoms with E-state index in [2.05, 4.69) is 34.3 Å². The number of aliphatic hydroxyl groups excluding tert-OH is 1. The summed E-state index contributed by atoms with van der Waals surface area (Å²) in [4.78, 5) is 2.48. The maximum absolute atomic E-state index is 10.4. The molecule has 5 nitrogen and oxygen atoms in total. The van der Waals surface area contributed by atoms with Crippen LogP contribution < -0.4 is 0 Å². The third kappa shape index (κ3) is 3.78. The predicted molar refractivity (Wildman–Crippen MR) is 96.2 cm³/mol. The fraction of sp³-hybridized carbons (Fsp3) is 0.550. The normalized spacial score (nSPS) is 23.8. The van der Waals surface area contributed by atoms with E-state index in [1.165, 1.54) is 11.1 Å². The van der Waals surface area contributed by atoms with Gasteiger partial charge in [0, 0.05) is 38.6 Å². The monoisotopic (exact) mass is 341 g/mol. The van der Waals surface area contributed by atoms with Crippen LogP contribution in [0, 0.1) is 0 Å². The molecule has 0 bridgehead atoms. The number of piperidine rings is 1. The van der Waals surface area contributed by atoms with Gasteiger partial charge in [-0.15, -0.1) is 0 Å². The zero-order valence-electron chi connectivity index (χ0n) is 14.7. The third-order valence-electron chi connectivity index (χ3n) is 5.62. The van der Waals surface area contributed by atoms with E-state index >= 15 is 0 Å². The third-order valence-corrected chi connectivity index (χ3v) is 5.62. The molecule has 1 aromatic carbocycles. The van der Waals surface area contributed by atoms with Gasteiger partial charge in [-0.2, -0.15) is 5.10 Å². The summed E-state index contributed by atoms with van der Waals surface area (Å²) in [5.74, 6) is 0. The van der Waals surface area contributed by atoms with Crippen molar-refractivity contribution in [2.45, 2.75) is 50.5 Å². The quantitative estimate of drug-likeness (QED) is 0.928. The highest BCUT2D eigenvalue weighted by molar-refractivity contribution is 5.23. The molecular formula is C20H27N3O2. The first-order valence-electron chi connectivity index (χ1n) is 9.33. The summed E-state index contributed by atoms with van der Waals surface area (Å²) in [6, 6.07) is 10.7. The maximum atomic E-state index is 10.4. The Labute approximate surface area is 149 Å². The van der Waals surface area contributed by atoms with E-state index in [0.717, 1.165) is 58.5 Å². The standard InChI is InChI=1S/C20H27N3O2/c24-19-6-2-13-25-20(19)7-11-22(12-8-20)15-17-4-1-5-18(14-17)16-23-10-3-9-21-23/h1,3-5,9-10,14,19,24H,2,6-8,11-13,15-16H2. The number of rotatable bonds is 4. The number of likely N-dealkylation sites (tertiary alicyclic amines) is 1. The van der Waals surface area contributed by atoms with Gasteiger partial charge >= 0.3 is 0 Å². The number of benzene rings is 1. The molecule has 2 fully saturated rings. The SMILES string of the molecule is OC1CCCOC12CCN(Cc1cccc(Cn3cccn3)c1)CC2. The lowest BCUT2D eigenvalue weighted by molar-refractivity contribution is -0.177. The van der Waals surface area contributed by atoms with Crippen LogP contribution in [-0.2, 0) is 17.8 Å². The van der Waals surface area contributed by atoms with Crippen molar-refractivity contribution in [2.75, 3.05) is 19.7 Å². The Bertz CT molecular complexity index is 678. The van der Waals surface area contributed by atoms with E-state index in [0.29, 0.717) is 0 Å². The number of nitrogens with zero attached hydrogens (tertiary/aromatic N) is 3. The van der Waals surface area contributed by atoms with E-state index in [1.54, 1.807) is 0 Å². The maximum Gasteiger partial charge on any atom is 0.0964 e. The molecule has 4 rings (SSSR count). The zero-order valence-corrected chi connectivity index (χ0v) is 14.7. The molecule has 2 aliphatic rings. The summed E-state index contributed by atoms with van der Waals surface area (Å²) < 4.78 is 7.96. The lowest BCUT2D eigenvalue weighted by Gasteiger charge is -2.46. The first-order chi connectivity index (χ1) is 12.2. The van der Waals surface area contributed by atoms with E-state index in [4.69, 9.17) is 4.74 Å². The van der Waals surface area contributed by atoms with E-state index in [9.17, 15) is 5.11 Å². The Hall–Kier alpha value is -1.69. The second kappa shape index (κ2) is 7.28. The van der Waals surface area contributed by atoms with Crippen molar-refractivity contribution >= 4 is 0 Å². The van der Waals surface area contributed by atoms with Crippen LogP contribution in [0.1, 0.15) is 36.8 Å². The first-order valence-corrected chi connectivity index (χ1v) is 9.33. The molecule has 1 unspecified atom stereocenters. The molecule has 1 aromatic heterocycles. The number of hydrogen-bond acceptors (Lipinski definition) is 4. The Balaban J connectivity index is 1.35. The lowest BCUT2D eigenvalue weighted by Crippen LogP contribution is -2.55. The van der Waals surface area contributed by atoms with Crippen molar-refractivity contribution in [3.05, 3.63) is 53.9 Å². The molecule has 5 heteroatoms. The van der Waals surface area contributed by atoms with Crippen molar-refractivity contribution in [1.29, 1.82) is 0 Å². The fourth-order valence-electron chi connectivity index (χ4n) is 4.14. The molecule has 2 saturated heterocycles. The summed E-state index contributed by atoms with van der Waals surface area (Å²) >= 11 is 0. The molecule has 0 amide bonds. The summed E-state index contributed by atoms with van der Waals surface area (Å²) in [5, 5.41) is 14.6. The molecule has 134 valence electrons. The Morgan fingerprint density at radius 1 is 1.16 bits per heavy atom. The van der Waals surface area contributed by atoms with Crippen LogP contribution in [0.25, 0.3) is 0 Å². The molecule has 2 aromatic rings. The minimum Gasteiger partial charge on any atom is -0.390 e. The van der Waals surface area contributed by atoms with Crippen LogP contribution in [0.15, 0.2) is 42.7 Å². The van der Waals surface area contributed by atoms with Gasteiger partial charge in [0.15, 0.2) is 0 Å². The number of aliphatic hydroxyl groups is 1. The van der Waals surface area contributed by atoms with Crippen LogP contribution in [0.3, 0.4) is 0 Å². The van der Waals surface area contributed by atoms with Crippen LogP contribution >= 0.6 is 0 Å². The van der Waals surface area contributed by atoms with Gasteiger partial charge in [0.2, 0.25) is 0 Å².